The predicted molar refractivity (Wildman–Crippen MR) is 67.7 cm³/mol. The number of nitro benzene ring substituents is 1. The van der Waals surface area contributed by atoms with Gasteiger partial charge in [0.25, 0.3) is 5.69 Å². The first kappa shape index (κ1) is 10.5. The molecule has 0 aliphatic carbocycles. The van der Waals surface area contributed by atoms with Crippen molar-refractivity contribution in [1.29, 1.82) is 0 Å². The van der Waals surface area contributed by atoms with E-state index in [0.717, 1.165) is 11.1 Å². The van der Waals surface area contributed by atoms with Crippen LogP contribution in [0.3, 0.4) is 0 Å². The number of benzene rings is 2. The number of non-ortho nitro benzene ring substituents is 1. The van der Waals surface area contributed by atoms with Crippen molar-refractivity contribution in [3.8, 4) is 5.69 Å². The fraction of sp³-hybridized carbons (Fsp3) is 0. The van der Waals surface area contributed by atoms with E-state index in [1.165, 1.54) is 6.07 Å². The Kier molecular flexibility index (Phi) is 2.30. The van der Waals surface area contributed by atoms with Crippen LogP contribution >= 0.6 is 0 Å². The lowest BCUT2D eigenvalue weighted by molar-refractivity contribution is -0.383. The Hall–Kier alpha value is -2.69. The summed E-state index contributed by atoms with van der Waals surface area (Å²) in [4.78, 5) is 10.5. The SMILES string of the molecule is O=[N+]([O-])c1cccc2cn(-c3ccccc3)nc12. The fourth-order valence-electron chi connectivity index (χ4n) is 1.89. The summed E-state index contributed by atoms with van der Waals surface area (Å²) in [5.41, 5.74) is 1.32. The molecule has 0 aliphatic heterocycles. The molecular weight excluding hydrogens is 230 g/mol. The van der Waals surface area contributed by atoms with Crippen molar-refractivity contribution in [3.63, 3.8) is 0 Å². The molecule has 0 saturated heterocycles. The third-order valence-electron chi connectivity index (χ3n) is 2.73. The van der Waals surface area contributed by atoms with E-state index < -0.39 is 4.92 Å². The first-order valence-corrected chi connectivity index (χ1v) is 5.44. The summed E-state index contributed by atoms with van der Waals surface area (Å²) in [5.74, 6) is 0. The number of rotatable bonds is 2. The minimum atomic E-state index is -0.412. The van der Waals surface area contributed by atoms with Crippen LogP contribution in [0.1, 0.15) is 0 Å². The first-order chi connectivity index (χ1) is 8.75. The maximum Gasteiger partial charge on any atom is 0.297 e. The Bertz CT molecular complexity index is 719. The summed E-state index contributed by atoms with van der Waals surface area (Å²) in [6.45, 7) is 0. The molecule has 1 heterocycles. The molecule has 0 fully saturated rings. The Labute approximate surface area is 102 Å². The van der Waals surface area contributed by atoms with Gasteiger partial charge in [0.05, 0.1) is 10.6 Å². The largest absolute Gasteiger partial charge is 0.297 e. The number of para-hydroxylation sites is 1. The van der Waals surface area contributed by atoms with Gasteiger partial charge < -0.3 is 0 Å². The lowest BCUT2D eigenvalue weighted by atomic mass is 10.2. The molecule has 0 saturated carbocycles. The van der Waals surface area contributed by atoms with Crippen molar-refractivity contribution in [3.05, 3.63) is 64.8 Å². The fourth-order valence-corrected chi connectivity index (χ4v) is 1.89. The van der Waals surface area contributed by atoms with Gasteiger partial charge in [-0.15, -0.1) is 0 Å². The van der Waals surface area contributed by atoms with Crippen LogP contribution < -0.4 is 0 Å². The van der Waals surface area contributed by atoms with Gasteiger partial charge in [0, 0.05) is 17.6 Å². The lowest BCUT2D eigenvalue weighted by Crippen LogP contribution is -1.94. The highest BCUT2D eigenvalue weighted by Crippen LogP contribution is 2.24. The van der Waals surface area contributed by atoms with E-state index in [9.17, 15) is 10.1 Å². The molecule has 5 nitrogen and oxygen atoms in total. The van der Waals surface area contributed by atoms with E-state index in [-0.39, 0.29) is 5.69 Å². The van der Waals surface area contributed by atoms with Crippen LogP contribution in [0.5, 0.6) is 0 Å². The van der Waals surface area contributed by atoms with Crippen LogP contribution in [0.2, 0.25) is 0 Å². The second-order valence-corrected chi connectivity index (χ2v) is 3.88. The van der Waals surface area contributed by atoms with Crippen molar-refractivity contribution < 1.29 is 4.92 Å². The van der Waals surface area contributed by atoms with Crippen LogP contribution in [0, 0.1) is 10.1 Å². The van der Waals surface area contributed by atoms with Crippen LogP contribution in [-0.2, 0) is 0 Å². The quantitative estimate of drug-likeness (QED) is 0.510. The van der Waals surface area contributed by atoms with E-state index >= 15 is 0 Å². The molecule has 1 aromatic heterocycles. The van der Waals surface area contributed by atoms with Gasteiger partial charge in [0.1, 0.15) is 0 Å². The Morgan fingerprint density at radius 3 is 2.56 bits per heavy atom. The molecule has 88 valence electrons. The molecule has 3 rings (SSSR count). The van der Waals surface area contributed by atoms with Crippen LogP contribution in [0.25, 0.3) is 16.6 Å². The van der Waals surface area contributed by atoms with Gasteiger partial charge in [-0.1, -0.05) is 30.3 Å². The van der Waals surface area contributed by atoms with Gasteiger partial charge in [0.2, 0.25) is 0 Å². The summed E-state index contributed by atoms with van der Waals surface area (Å²) < 4.78 is 1.65. The van der Waals surface area contributed by atoms with Gasteiger partial charge in [-0.3, -0.25) is 10.1 Å². The molecule has 0 amide bonds. The van der Waals surface area contributed by atoms with E-state index in [0.29, 0.717) is 5.52 Å². The summed E-state index contributed by atoms with van der Waals surface area (Å²) in [6.07, 6.45) is 1.79. The summed E-state index contributed by atoms with van der Waals surface area (Å²) >= 11 is 0. The zero-order valence-corrected chi connectivity index (χ0v) is 9.35. The molecule has 5 heteroatoms. The van der Waals surface area contributed by atoms with E-state index in [1.807, 2.05) is 36.4 Å². The first-order valence-electron chi connectivity index (χ1n) is 5.44. The Morgan fingerprint density at radius 2 is 1.83 bits per heavy atom. The topological polar surface area (TPSA) is 61.0 Å². The maximum absolute atomic E-state index is 10.9. The monoisotopic (exact) mass is 239 g/mol. The number of fused-ring (bicyclic) bond motifs is 1. The Balaban J connectivity index is 2.23. The molecular formula is C13H9N3O2. The summed E-state index contributed by atoms with van der Waals surface area (Å²) in [6, 6.07) is 14.5. The highest BCUT2D eigenvalue weighted by Gasteiger charge is 2.14. The van der Waals surface area contributed by atoms with Gasteiger partial charge in [-0.25, -0.2) is 4.68 Å². The molecule has 0 aliphatic rings. The second kappa shape index (κ2) is 3.96. The van der Waals surface area contributed by atoms with E-state index in [1.54, 1.807) is 16.9 Å². The van der Waals surface area contributed by atoms with Crippen molar-refractivity contribution in [2.45, 2.75) is 0 Å². The van der Waals surface area contributed by atoms with Crippen LogP contribution in [-0.4, -0.2) is 14.7 Å². The molecule has 0 atom stereocenters. The highest BCUT2D eigenvalue weighted by molar-refractivity contribution is 5.87. The second-order valence-electron chi connectivity index (χ2n) is 3.88. The minimum Gasteiger partial charge on any atom is -0.258 e. The molecule has 0 unspecified atom stereocenters. The van der Waals surface area contributed by atoms with Crippen LogP contribution in [0.15, 0.2) is 54.7 Å². The number of hydrogen-bond donors (Lipinski definition) is 0. The molecule has 0 radical (unpaired) electrons. The van der Waals surface area contributed by atoms with Gasteiger partial charge in [-0.2, -0.15) is 5.10 Å². The van der Waals surface area contributed by atoms with Gasteiger partial charge in [-0.05, 0) is 12.1 Å². The van der Waals surface area contributed by atoms with E-state index in [2.05, 4.69) is 5.10 Å². The third-order valence-corrected chi connectivity index (χ3v) is 2.73. The van der Waals surface area contributed by atoms with Crippen molar-refractivity contribution in [2.75, 3.05) is 0 Å². The molecule has 3 aromatic rings. The maximum atomic E-state index is 10.9. The molecule has 0 N–H and O–H groups in total. The molecule has 2 aromatic carbocycles. The van der Waals surface area contributed by atoms with Crippen molar-refractivity contribution >= 4 is 16.6 Å². The normalized spacial score (nSPS) is 10.7. The summed E-state index contributed by atoms with van der Waals surface area (Å²) in [7, 11) is 0. The number of nitro groups is 1. The third kappa shape index (κ3) is 1.62. The van der Waals surface area contributed by atoms with E-state index in [4.69, 9.17) is 0 Å². The number of nitrogens with zero attached hydrogens (tertiary/aromatic N) is 3. The Morgan fingerprint density at radius 1 is 1.06 bits per heavy atom. The van der Waals surface area contributed by atoms with Gasteiger partial charge in [0.15, 0.2) is 5.52 Å². The van der Waals surface area contributed by atoms with Crippen molar-refractivity contribution in [1.82, 2.24) is 9.78 Å². The van der Waals surface area contributed by atoms with Crippen molar-refractivity contribution in [2.24, 2.45) is 0 Å². The zero-order valence-electron chi connectivity index (χ0n) is 9.35. The minimum absolute atomic E-state index is 0.0298. The average Bonchev–Trinajstić information content (AvgIpc) is 2.83. The van der Waals surface area contributed by atoms with Gasteiger partial charge >= 0.3 is 0 Å². The molecule has 0 bridgehead atoms. The highest BCUT2D eigenvalue weighted by atomic mass is 16.6. The number of aromatic nitrogens is 2. The summed E-state index contributed by atoms with van der Waals surface area (Å²) in [5, 5.41) is 16.0. The van der Waals surface area contributed by atoms with Crippen LogP contribution in [0.4, 0.5) is 5.69 Å². The average molecular weight is 239 g/mol. The standard InChI is InChI=1S/C13H9N3O2/c17-16(18)12-8-4-5-10-9-15(14-13(10)12)11-6-2-1-3-7-11/h1-9H. The molecule has 18 heavy (non-hydrogen) atoms. The predicted octanol–water partition coefficient (Wildman–Crippen LogP) is 2.93. The zero-order chi connectivity index (χ0) is 12.5. The smallest absolute Gasteiger partial charge is 0.258 e. The number of hydrogen-bond acceptors (Lipinski definition) is 3. The molecule has 0 spiro atoms. The lowest BCUT2D eigenvalue weighted by Gasteiger charge is -1.98.